The zero-order valence-corrected chi connectivity index (χ0v) is 16.8. The largest absolute Gasteiger partial charge is 0.606 e. The highest BCUT2D eigenvalue weighted by Crippen LogP contribution is 2.31. The zero-order valence-electron chi connectivity index (χ0n) is 16.0. The second-order valence-corrected chi connectivity index (χ2v) is 7.97. The molecule has 0 aromatic heterocycles. The molecule has 4 aromatic rings. The predicted molar refractivity (Wildman–Crippen MR) is 119 cm³/mol. The normalized spacial score (nSPS) is 10.7. The Labute approximate surface area is 178 Å². The van der Waals surface area contributed by atoms with Gasteiger partial charge in [0.2, 0.25) is 0 Å². The highest BCUT2D eigenvalue weighted by atomic mass is 32.2. The van der Waals surface area contributed by atoms with Crippen molar-refractivity contribution in [2.24, 2.45) is 0 Å². The van der Waals surface area contributed by atoms with E-state index in [4.69, 9.17) is 20.9 Å². The van der Waals surface area contributed by atoms with E-state index in [1.807, 2.05) is 24.3 Å². The van der Waals surface area contributed by atoms with Gasteiger partial charge >= 0.3 is 0 Å². The molecule has 0 bridgehead atoms. The molecule has 0 amide bonds. The first kappa shape index (κ1) is 19.7. The van der Waals surface area contributed by atoms with Crippen LogP contribution in [0.15, 0.2) is 107 Å². The summed E-state index contributed by atoms with van der Waals surface area (Å²) in [5.74, 6) is 2.41. The van der Waals surface area contributed by atoms with E-state index in [-0.39, 0.29) is 0 Å². The van der Waals surface area contributed by atoms with Gasteiger partial charge in [-0.05, 0) is 72.8 Å². The number of benzene rings is 4. The molecule has 0 aliphatic rings. The van der Waals surface area contributed by atoms with E-state index >= 15 is 0 Å². The fraction of sp³-hybridized carbons (Fsp3) is 0. The fourth-order valence-electron chi connectivity index (χ4n) is 2.80. The minimum Gasteiger partial charge on any atom is -0.606 e. The Hall–Kier alpha value is -3.61. The van der Waals surface area contributed by atoms with E-state index in [1.54, 1.807) is 72.8 Å². The molecule has 0 aliphatic heterocycles. The summed E-state index contributed by atoms with van der Waals surface area (Å²) in [5, 5.41) is 0. The number of para-hydroxylation sites is 4. The van der Waals surface area contributed by atoms with Gasteiger partial charge in [0.1, 0.15) is 23.0 Å². The van der Waals surface area contributed by atoms with Gasteiger partial charge in [-0.25, -0.2) is 0 Å². The maximum absolute atomic E-state index is 12.9. The molecule has 0 saturated carbocycles. The highest BCUT2D eigenvalue weighted by molar-refractivity contribution is 7.91. The minimum absolute atomic E-state index is 0.560. The molecular weight excluding hydrogens is 396 g/mol. The second kappa shape index (κ2) is 8.82. The van der Waals surface area contributed by atoms with Crippen LogP contribution in [-0.4, -0.2) is 4.55 Å². The molecule has 30 heavy (non-hydrogen) atoms. The lowest BCUT2D eigenvalue weighted by atomic mass is 10.3. The van der Waals surface area contributed by atoms with Crippen LogP contribution >= 0.6 is 0 Å². The Morgan fingerprint density at radius 2 is 0.900 bits per heavy atom. The van der Waals surface area contributed by atoms with Crippen LogP contribution in [0.1, 0.15) is 0 Å². The van der Waals surface area contributed by atoms with Crippen LogP contribution in [0.4, 0.5) is 11.4 Å². The van der Waals surface area contributed by atoms with Gasteiger partial charge in [0.05, 0.1) is 11.4 Å². The van der Waals surface area contributed by atoms with Crippen LogP contribution < -0.4 is 20.9 Å². The van der Waals surface area contributed by atoms with Crippen molar-refractivity contribution < 1.29 is 14.0 Å². The maximum Gasteiger partial charge on any atom is 0.158 e. The van der Waals surface area contributed by atoms with Crippen LogP contribution in [0.25, 0.3) is 0 Å². The van der Waals surface area contributed by atoms with Gasteiger partial charge in [-0.3, -0.25) is 0 Å². The highest BCUT2D eigenvalue weighted by Gasteiger charge is 2.15. The van der Waals surface area contributed by atoms with Crippen molar-refractivity contribution in [3.63, 3.8) is 0 Å². The molecule has 4 N–H and O–H groups in total. The number of ether oxygens (including phenoxy) is 2. The van der Waals surface area contributed by atoms with Gasteiger partial charge in [0, 0.05) is 11.2 Å². The number of anilines is 2. The Morgan fingerprint density at radius 3 is 1.27 bits per heavy atom. The number of nitrogen functional groups attached to an aromatic ring is 2. The summed E-state index contributed by atoms with van der Waals surface area (Å²) >= 11 is -1.33. The molecule has 5 nitrogen and oxygen atoms in total. The average molecular weight is 417 g/mol. The molecule has 4 rings (SSSR count). The lowest BCUT2D eigenvalue weighted by Crippen LogP contribution is -2.02. The molecule has 150 valence electrons. The standard InChI is InChI=1S/C24H20N2O3S/c25-21-5-1-3-7-23(21)28-17-9-13-19(14-10-17)30(27)20-15-11-18(12-16-20)29-24-8-4-2-6-22(24)26/h1-16H,25-26H2. The van der Waals surface area contributed by atoms with Gasteiger partial charge in [-0.1, -0.05) is 24.3 Å². The van der Waals surface area contributed by atoms with E-state index in [1.165, 1.54) is 0 Å². The summed E-state index contributed by atoms with van der Waals surface area (Å²) in [4.78, 5) is 1.34. The van der Waals surface area contributed by atoms with E-state index in [0.717, 1.165) is 0 Å². The van der Waals surface area contributed by atoms with Gasteiger partial charge in [0.15, 0.2) is 9.79 Å². The summed E-state index contributed by atoms with van der Waals surface area (Å²) in [5.41, 5.74) is 12.9. The minimum atomic E-state index is -1.33. The first-order chi connectivity index (χ1) is 14.6. The summed E-state index contributed by atoms with van der Waals surface area (Å²) in [6.45, 7) is 0. The molecule has 0 fully saturated rings. The van der Waals surface area contributed by atoms with Crippen molar-refractivity contribution in [2.45, 2.75) is 9.79 Å². The van der Waals surface area contributed by atoms with Crippen molar-refractivity contribution in [3.8, 4) is 23.0 Å². The molecule has 0 spiro atoms. The maximum atomic E-state index is 12.9. The van der Waals surface area contributed by atoms with Crippen LogP contribution in [0.2, 0.25) is 0 Å². The summed E-state index contributed by atoms with van der Waals surface area (Å²) < 4.78 is 24.4. The Balaban J connectivity index is 1.44. The molecule has 4 aromatic carbocycles. The molecular formula is C24H20N2O3S. The molecule has 0 radical (unpaired) electrons. The first-order valence-electron chi connectivity index (χ1n) is 9.27. The number of rotatable bonds is 6. The summed E-state index contributed by atoms with van der Waals surface area (Å²) in [6, 6.07) is 28.8. The monoisotopic (exact) mass is 416 g/mol. The quantitative estimate of drug-likeness (QED) is 0.315. The molecule has 0 unspecified atom stereocenters. The Bertz CT molecular complexity index is 1040. The Kier molecular flexibility index (Phi) is 5.79. The summed E-state index contributed by atoms with van der Waals surface area (Å²) in [6.07, 6.45) is 0. The van der Waals surface area contributed by atoms with Crippen molar-refractivity contribution in [3.05, 3.63) is 97.1 Å². The van der Waals surface area contributed by atoms with E-state index in [2.05, 4.69) is 0 Å². The molecule has 6 heteroatoms. The van der Waals surface area contributed by atoms with Crippen LogP contribution in [0, 0.1) is 0 Å². The van der Waals surface area contributed by atoms with E-state index in [0.29, 0.717) is 44.2 Å². The number of hydrogen-bond donors (Lipinski definition) is 2. The SMILES string of the molecule is Nc1ccccc1Oc1ccc([S+]([O-])c2ccc(Oc3ccccc3N)cc2)cc1. The predicted octanol–water partition coefficient (Wildman–Crippen LogP) is 5.60. The van der Waals surface area contributed by atoms with Gasteiger partial charge < -0.3 is 25.5 Å². The van der Waals surface area contributed by atoms with Gasteiger partial charge in [0.25, 0.3) is 0 Å². The van der Waals surface area contributed by atoms with Crippen molar-refractivity contribution in [1.29, 1.82) is 0 Å². The molecule has 0 saturated heterocycles. The third kappa shape index (κ3) is 4.51. The van der Waals surface area contributed by atoms with E-state index < -0.39 is 11.2 Å². The van der Waals surface area contributed by atoms with Gasteiger partial charge in [-0.15, -0.1) is 0 Å². The average Bonchev–Trinajstić information content (AvgIpc) is 2.77. The topological polar surface area (TPSA) is 93.6 Å². The van der Waals surface area contributed by atoms with Crippen LogP contribution in [0.3, 0.4) is 0 Å². The van der Waals surface area contributed by atoms with E-state index in [9.17, 15) is 4.55 Å². The summed E-state index contributed by atoms with van der Waals surface area (Å²) in [7, 11) is 0. The fourth-order valence-corrected chi connectivity index (χ4v) is 3.84. The zero-order chi connectivity index (χ0) is 20.9. The Morgan fingerprint density at radius 1 is 0.533 bits per heavy atom. The molecule has 0 atom stereocenters. The molecule has 0 aliphatic carbocycles. The smallest absolute Gasteiger partial charge is 0.158 e. The first-order valence-corrected chi connectivity index (χ1v) is 10.4. The van der Waals surface area contributed by atoms with Crippen molar-refractivity contribution in [1.82, 2.24) is 0 Å². The third-order valence-corrected chi connectivity index (χ3v) is 5.77. The lowest BCUT2D eigenvalue weighted by molar-refractivity contribution is 0.484. The van der Waals surface area contributed by atoms with Crippen molar-refractivity contribution in [2.75, 3.05) is 11.5 Å². The van der Waals surface area contributed by atoms with Crippen LogP contribution in [0.5, 0.6) is 23.0 Å². The van der Waals surface area contributed by atoms with Gasteiger partial charge in [-0.2, -0.15) is 0 Å². The van der Waals surface area contributed by atoms with Crippen molar-refractivity contribution >= 4 is 22.6 Å². The third-order valence-electron chi connectivity index (χ3n) is 4.37. The molecule has 0 heterocycles. The van der Waals surface area contributed by atoms with Crippen LogP contribution in [-0.2, 0) is 11.2 Å². The second-order valence-electron chi connectivity index (χ2n) is 6.49. The lowest BCUT2D eigenvalue weighted by Gasteiger charge is -2.12. The number of nitrogens with two attached hydrogens (primary N) is 2. The number of hydrogen-bond acceptors (Lipinski definition) is 5.